The summed E-state index contributed by atoms with van der Waals surface area (Å²) in [7, 11) is -1.62. The van der Waals surface area contributed by atoms with Crippen molar-refractivity contribution in [3.63, 3.8) is 0 Å². The predicted octanol–water partition coefficient (Wildman–Crippen LogP) is 3.49. The second-order valence-electron chi connectivity index (χ2n) is 4.03. The molecule has 2 rings (SSSR count). The van der Waals surface area contributed by atoms with Crippen molar-refractivity contribution in [3.05, 3.63) is 64.4 Å². The second kappa shape index (κ2) is 6.15. The number of halogens is 2. The van der Waals surface area contributed by atoms with E-state index < -0.39 is 22.6 Å². The highest BCUT2D eigenvalue weighted by atomic mass is 35.5. The lowest BCUT2D eigenvalue weighted by Gasteiger charge is -2.07. The van der Waals surface area contributed by atoms with Crippen LogP contribution >= 0.6 is 11.6 Å². The second-order valence-corrected chi connectivity index (χ2v) is 5.85. The zero-order valence-corrected chi connectivity index (χ0v) is 11.7. The molecule has 0 aromatic heterocycles. The topological polar surface area (TPSA) is 54.4 Å². The Balaban J connectivity index is 2.33. The monoisotopic (exact) mass is 312 g/mol. The Morgan fingerprint density at radius 3 is 2.65 bits per heavy atom. The van der Waals surface area contributed by atoms with Crippen molar-refractivity contribution in [2.24, 2.45) is 0 Å². The Morgan fingerprint density at radius 2 is 1.95 bits per heavy atom. The van der Waals surface area contributed by atoms with Gasteiger partial charge >= 0.3 is 5.97 Å². The van der Waals surface area contributed by atoms with E-state index in [9.17, 15) is 13.4 Å². The summed E-state index contributed by atoms with van der Waals surface area (Å²) < 4.78 is 25.4. The van der Waals surface area contributed by atoms with Gasteiger partial charge < -0.3 is 5.11 Å². The number of benzene rings is 2. The summed E-state index contributed by atoms with van der Waals surface area (Å²) >= 11 is 5.91. The molecule has 0 bridgehead atoms. The first-order chi connectivity index (χ1) is 9.49. The van der Waals surface area contributed by atoms with Crippen LogP contribution in [0.15, 0.2) is 47.4 Å². The minimum atomic E-state index is -1.62. The normalized spacial score (nSPS) is 12.1. The maximum absolute atomic E-state index is 13.2. The molecule has 0 saturated carbocycles. The molecule has 0 spiro atoms. The molecule has 6 heteroatoms. The van der Waals surface area contributed by atoms with Crippen molar-refractivity contribution in [2.45, 2.75) is 10.6 Å². The van der Waals surface area contributed by atoms with Crippen LogP contribution in [-0.2, 0) is 16.6 Å². The van der Waals surface area contributed by atoms with Gasteiger partial charge in [-0.3, -0.25) is 4.21 Å². The largest absolute Gasteiger partial charge is 0.478 e. The highest BCUT2D eigenvalue weighted by molar-refractivity contribution is 7.84. The number of rotatable bonds is 4. The van der Waals surface area contributed by atoms with Crippen LogP contribution in [0.2, 0.25) is 5.02 Å². The molecule has 0 saturated heterocycles. The first kappa shape index (κ1) is 14.7. The number of carboxylic acid groups (broad SMARTS) is 1. The summed E-state index contributed by atoms with van der Waals surface area (Å²) in [6.07, 6.45) is 0. The Kier molecular flexibility index (Phi) is 4.52. The van der Waals surface area contributed by atoms with Gasteiger partial charge in [-0.15, -0.1) is 0 Å². The molecular weight excluding hydrogens is 303 g/mol. The molecule has 0 fully saturated rings. The van der Waals surface area contributed by atoms with Crippen LogP contribution in [0.5, 0.6) is 0 Å². The Morgan fingerprint density at radius 1 is 1.25 bits per heavy atom. The fraction of sp³-hybridized carbons (Fsp3) is 0.0714. The first-order valence-corrected chi connectivity index (χ1v) is 7.33. The molecule has 0 aliphatic carbocycles. The molecule has 2 aromatic carbocycles. The van der Waals surface area contributed by atoms with E-state index in [0.717, 1.165) is 0 Å². The van der Waals surface area contributed by atoms with Crippen molar-refractivity contribution < 1.29 is 18.5 Å². The summed E-state index contributed by atoms with van der Waals surface area (Å²) in [5, 5.41) is 9.36. The smallest absolute Gasteiger partial charge is 0.336 e. The highest BCUT2D eigenvalue weighted by Crippen LogP contribution is 2.22. The van der Waals surface area contributed by atoms with E-state index in [-0.39, 0.29) is 16.2 Å². The molecular formula is C14H10ClFO3S. The molecule has 20 heavy (non-hydrogen) atoms. The Bertz CT molecular complexity index is 688. The fourth-order valence-electron chi connectivity index (χ4n) is 1.71. The van der Waals surface area contributed by atoms with Crippen molar-refractivity contribution in [2.75, 3.05) is 0 Å². The molecule has 0 aliphatic heterocycles. The third-order valence-electron chi connectivity index (χ3n) is 2.66. The number of carboxylic acids is 1. The Labute approximate surface area is 122 Å². The van der Waals surface area contributed by atoms with Gasteiger partial charge in [0.05, 0.1) is 27.0 Å². The third kappa shape index (κ3) is 3.23. The molecule has 2 aromatic rings. The van der Waals surface area contributed by atoms with Crippen molar-refractivity contribution >= 4 is 28.4 Å². The summed E-state index contributed by atoms with van der Waals surface area (Å²) in [5.74, 6) is -1.67. The van der Waals surface area contributed by atoms with E-state index in [4.69, 9.17) is 16.7 Å². The average molecular weight is 313 g/mol. The first-order valence-electron chi connectivity index (χ1n) is 5.63. The van der Waals surface area contributed by atoms with Crippen LogP contribution < -0.4 is 0 Å². The van der Waals surface area contributed by atoms with Crippen molar-refractivity contribution in [3.8, 4) is 0 Å². The molecule has 0 aliphatic rings. The lowest BCUT2D eigenvalue weighted by atomic mass is 10.2. The maximum atomic E-state index is 13.2. The summed E-state index contributed by atoms with van der Waals surface area (Å²) in [6.45, 7) is 0. The van der Waals surface area contributed by atoms with Crippen LogP contribution in [0.4, 0.5) is 4.39 Å². The predicted molar refractivity (Wildman–Crippen MR) is 74.9 cm³/mol. The van der Waals surface area contributed by atoms with Crippen LogP contribution in [-0.4, -0.2) is 15.3 Å². The van der Waals surface area contributed by atoms with E-state index >= 15 is 0 Å². The molecule has 3 nitrogen and oxygen atoms in total. The van der Waals surface area contributed by atoms with Gasteiger partial charge in [0.15, 0.2) is 0 Å². The van der Waals surface area contributed by atoms with Crippen molar-refractivity contribution in [1.82, 2.24) is 0 Å². The Hall–Kier alpha value is -1.72. The lowest BCUT2D eigenvalue weighted by molar-refractivity contribution is 0.0693. The van der Waals surface area contributed by atoms with Gasteiger partial charge in [-0.2, -0.15) is 0 Å². The minimum absolute atomic E-state index is 0.0293. The molecule has 1 unspecified atom stereocenters. The van der Waals surface area contributed by atoms with E-state index in [0.29, 0.717) is 10.6 Å². The minimum Gasteiger partial charge on any atom is -0.478 e. The SMILES string of the molecule is O=C(O)c1ccccc1S(=O)Cc1cc(F)ccc1Cl. The van der Waals surface area contributed by atoms with Gasteiger partial charge in [-0.25, -0.2) is 9.18 Å². The fourth-order valence-corrected chi connectivity index (χ4v) is 3.29. The van der Waals surface area contributed by atoms with E-state index in [1.807, 2.05) is 0 Å². The number of carbonyl (C=O) groups is 1. The van der Waals surface area contributed by atoms with Crippen LogP contribution in [0, 0.1) is 5.82 Å². The van der Waals surface area contributed by atoms with E-state index in [1.165, 1.54) is 30.3 Å². The average Bonchev–Trinajstić information content (AvgIpc) is 2.42. The molecule has 1 atom stereocenters. The quantitative estimate of drug-likeness (QED) is 0.940. The molecule has 0 amide bonds. The van der Waals surface area contributed by atoms with Crippen LogP contribution in [0.1, 0.15) is 15.9 Å². The van der Waals surface area contributed by atoms with Crippen LogP contribution in [0.3, 0.4) is 0 Å². The molecule has 0 radical (unpaired) electrons. The van der Waals surface area contributed by atoms with Crippen molar-refractivity contribution in [1.29, 1.82) is 0 Å². The summed E-state index contributed by atoms with van der Waals surface area (Å²) in [5.41, 5.74) is 0.351. The summed E-state index contributed by atoms with van der Waals surface area (Å²) in [4.78, 5) is 11.3. The molecule has 0 heterocycles. The maximum Gasteiger partial charge on any atom is 0.336 e. The molecule has 1 N–H and O–H groups in total. The van der Waals surface area contributed by atoms with Gasteiger partial charge in [0.25, 0.3) is 0 Å². The van der Waals surface area contributed by atoms with Gasteiger partial charge in [0.1, 0.15) is 5.82 Å². The van der Waals surface area contributed by atoms with Gasteiger partial charge in [-0.05, 0) is 35.9 Å². The zero-order chi connectivity index (χ0) is 14.7. The van der Waals surface area contributed by atoms with Gasteiger partial charge in [-0.1, -0.05) is 23.7 Å². The number of hydrogen-bond acceptors (Lipinski definition) is 2. The van der Waals surface area contributed by atoms with Crippen LogP contribution in [0.25, 0.3) is 0 Å². The third-order valence-corrected chi connectivity index (χ3v) is 4.45. The van der Waals surface area contributed by atoms with E-state index in [1.54, 1.807) is 12.1 Å². The standard InChI is InChI=1S/C14H10ClFO3S/c15-12-6-5-10(16)7-9(12)8-20(19)13-4-2-1-3-11(13)14(17)18/h1-7H,8H2,(H,17,18). The highest BCUT2D eigenvalue weighted by Gasteiger charge is 2.16. The lowest BCUT2D eigenvalue weighted by Crippen LogP contribution is -2.06. The number of hydrogen-bond donors (Lipinski definition) is 1. The number of aromatic carboxylic acids is 1. The zero-order valence-electron chi connectivity index (χ0n) is 10.2. The van der Waals surface area contributed by atoms with Gasteiger partial charge in [0.2, 0.25) is 0 Å². The molecule has 104 valence electrons. The summed E-state index contributed by atoms with van der Waals surface area (Å²) in [6, 6.07) is 9.80. The van der Waals surface area contributed by atoms with Gasteiger partial charge in [0, 0.05) is 5.02 Å². The van der Waals surface area contributed by atoms with E-state index in [2.05, 4.69) is 0 Å².